The Morgan fingerprint density at radius 3 is 2.69 bits per heavy atom. The van der Waals surface area contributed by atoms with E-state index in [9.17, 15) is 4.79 Å². The van der Waals surface area contributed by atoms with E-state index >= 15 is 0 Å². The molecule has 0 N–H and O–H groups in total. The van der Waals surface area contributed by atoms with E-state index in [0.717, 1.165) is 36.3 Å². The van der Waals surface area contributed by atoms with Crippen molar-refractivity contribution in [1.29, 1.82) is 0 Å². The summed E-state index contributed by atoms with van der Waals surface area (Å²) in [6, 6.07) is 16.4. The molecule has 1 saturated heterocycles. The summed E-state index contributed by atoms with van der Waals surface area (Å²) in [7, 11) is 0. The Kier molecular flexibility index (Phi) is 6.99. The van der Waals surface area contributed by atoms with Gasteiger partial charge in [-0.1, -0.05) is 30.3 Å². The first-order valence-corrected chi connectivity index (χ1v) is 10.0. The summed E-state index contributed by atoms with van der Waals surface area (Å²) in [5, 5.41) is 0.969. The molecule has 0 bridgehead atoms. The third-order valence-electron chi connectivity index (χ3n) is 5.77. The van der Waals surface area contributed by atoms with Crippen LogP contribution < -0.4 is 10.4 Å². The Balaban J connectivity index is 0.00000240. The SMILES string of the molecule is Cc1c(C)c2ccc(OCC3CCCN(Cc4ccccc4)C3)cc2oc1=O.Cl. The van der Waals surface area contributed by atoms with Gasteiger partial charge in [-0.05, 0) is 56.5 Å². The van der Waals surface area contributed by atoms with Crippen LogP contribution in [-0.2, 0) is 6.54 Å². The quantitative estimate of drug-likeness (QED) is 0.544. The topological polar surface area (TPSA) is 42.7 Å². The summed E-state index contributed by atoms with van der Waals surface area (Å²) in [5.74, 6) is 1.28. The van der Waals surface area contributed by atoms with E-state index in [4.69, 9.17) is 9.15 Å². The minimum atomic E-state index is -0.272. The van der Waals surface area contributed by atoms with Gasteiger partial charge in [-0.3, -0.25) is 4.90 Å². The van der Waals surface area contributed by atoms with E-state index in [1.165, 1.54) is 18.4 Å². The molecule has 1 unspecified atom stereocenters. The molecule has 0 aliphatic carbocycles. The van der Waals surface area contributed by atoms with Crippen LogP contribution in [-0.4, -0.2) is 24.6 Å². The standard InChI is InChI=1S/C24H27NO3.ClH/c1-17-18(2)24(26)28-23-13-21(10-11-22(17)23)27-16-20-9-6-12-25(15-20)14-19-7-4-3-5-8-19;/h3-5,7-8,10-11,13,20H,6,9,12,14-16H2,1-2H3;1H. The van der Waals surface area contributed by atoms with Crippen molar-refractivity contribution < 1.29 is 9.15 Å². The predicted octanol–water partition coefficient (Wildman–Crippen LogP) is 5.12. The molecule has 1 aliphatic rings. The van der Waals surface area contributed by atoms with Crippen molar-refractivity contribution in [1.82, 2.24) is 4.90 Å². The maximum absolute atomic E-state index is 11.9. The molecule has 29 heavy (non-hydrogen) atoms. The van der Waals surface area contributed by atoms with Crippen LogP contribution in [0.5, 0.6) is 5.75 Å². The molecule has 1 aromatic heterocycles. The first kappa shape index (κ1) is 21.4. The number of rotatable bonds is 5. The molecular weight excluding hydrogens is 386 g/mol. The highest BCUT2D eigenvalue weighted by atomic mass is 35.5. The molecule has 4 nitrogen and oxygen atoms in total. The van der Waals surface area contributed by atoms with E-state index in [1.807, 2.05) is 25.1 Å². The van der Waals surface area contributed by atoms with Gasteiger partial charge in [-0.25, -0.2) is 4.79 Å². The van der Waals surface area contributed by atoms with Crippen LogP contribution >= 0.6 is 12.4 Å². The number of fused-ring (bicyclic) bond motifs is 1. The molecule has 0 spiro atoms. The second-order valence-electron chi connectivity index (χ2n) is 7.84. The second-order valence-corrected chi connectivity index (χ2v) is 7.84. The molecular formula is C24H28ClNO3. The van der Waals surface area contributed by atoms with Crippen molar-refractivity contribution in [2.45, 2.75) is 33.2 Å². The number of nitrogens with zero attached hydrogens (tertiary/aromatic N) is 1. The van der Waals surface area contributed by atoms with Crippen molar-refractivity contribution in [2.24, 2.45) is 5.92 Å². The molecule has 4 rings (SSSR count). The Hall–Kier alpha value is -2.30. The fourth-order valence-corrected chi connectivity index (χ4v) is 4.00. The van der Waals surface area contributed by atoms with Crippen LogP contribution in [0.4, 0.5) is 0 Å². The van der Waals surface area contributed by atoms with Gasteiger partial charge in [-0.2, -0.15) is 0 Å². The van der Waals surface area contributed by atoms with Gasteiger partial charge in [0.05, 0.1) is 6.61 Å². The Morgan fingerprint density at radius 2 is 1.90 bits per heavy atom. The largest absolute Gasteiger partial charge is 0.493 e. The zero-order chi connectivity index (χ0) is 19.5. The molecule has 1 fully saturated rings. The Labute approximate surface area is 177 Å². The molecule has 1 aliphatic heterocycles. The van der Waals surface area contributed by atoms with Crippen LogP contribution in [0.3, 0.4) is 0 Å². The predicted molar refractivity (Wildman–Crippen MR) is 119 cm³/mol. The molecule has 0 saturated carbocycles. The third-order valence-corrected chi connectivity index (χ3v) is 5.77. The lowest BCUT2D eigenvalue weighted by atomic mass is 9.98. The van der Waals surface area contributed by atoms with E-state index in [-0.39, 0.29) is 18.0 Å². The van der Waals surface area contributed by atoms with Gasteiger partial charge in [-0.15, -0.1) is 12.4 Å². The van der Waals surface area contributed by atoms with Crippen molar-refractivity contribution >= 4 is 23.4 Å². The summed E-state index contributed by atoms with van der Waals surface area (Å²) in [5.41, 5.74) is 3.33. The van der Waals surface area contributed by atoms with E-state index < -0.39 is 0 Å². The number of hydrogen-bond donors (Lipinski definition) is 0. The molecule has 2 aromatic carbocycles. The summed E-state index contributed by atoms with van der Waals surface area (Å²) in [6.45, 7) is 7.64. The van der Waals surface area contributed by atoms with E-state index in [2.05, 4.69) is 35.2 Å². The normalized spacial score (nSPS) is 17.1. The number of piperidine rings is 1. The molecule has 0 amide bonds. The van der Waals surface area contributed by atoms with Crippen LogP contribution in [0.1, 0.15) is 29.5 Å². The summed E-state index contributed by atoms with van der Waals surface area (Å²) in [6.07, 6.45) is 2.39. The average Bonchev–Trinajstić information content (AvgIpc) is 2.71. The van der Waals surface area contributed by atoms with Gasteiger partial charge in [0.2, 0.25) is 0 Å². The number of benzene rings is 2. The molecule has 5 heteroatoms. The monoisotopic (exact) mass is 413 g/mol. The van der Waals surface area contributed by atoms with Gasteiger partial charge in [0.1, 0.15) is 11.3 Å². The maximum atomic E-state index is 11.9. The summed E-state index contributed by atoms with van der Waals surface area (Å²) in [4.78, 5) is 14.5. The van der Waals surface area contributed by atoms with E-state index in [1.54, 1.807) is 6.92 Å². The number of likely N-dealkylation sites (tertiary alicyclic amines) is 1. The van der Waals surface area contributed by atoms with Crippen molar-refractivity contribution in [3.05, 3.63) is 75.6 Å². The highest BCUT2D eigenvalue weighted by Gasteiger charge is 2.20. The van der Waals surface area contributed by atoms with Crippen molar-refractivity contribution in [3.63, 3.8) is 0 Å². The van der Waals surface area contributed by atoms with Gasteiger partial charge < -0.3 is 9.15 Å². The Morgan fingerprint density at radius 1 is 1.10 bits per heavy atom. The zero-order valence-corrected chi connectivity index (χ0v) is 17.8. The first-order valence-electron chi connectivity index (χ1n) is 10.0. The number of hydrogen-bond acceptors (Lipinski definition) is 4. The number of ether oxygens (including phenoxy) is 1. The molecule has 154 valence electrons. The van der Waals surface area contributed by atoms with Gasteiger partial charge >= 0.3 is 5.63 Å². The fourth-order valence-electron chi connectivity index (χ4n) is 4.00. The minimum Gasteiger partial charge on any atom is -0.493 e. The van der Waals surface area contributed by atoms with Gasteiger partial charge in [0.15, 0.2) is 0 Å². The van der Waals surface area contributed by atoms with Gasteiger partial charge in [0, 0.05) is 36.0 Å². The fraction of sp³-hybridized carbons (Fsp3) is 0.375. The average molecular weight is 414 g/mol. The van der Waals surface area contributed by atoms with Gasteiger partial charge in [0.25, 0.3) is 0 Å². The maximum Gasteiger partial charge on any atom is 0.339 e. The minimum absolute atomic E-state index is 0. The highest BCUT2D eigenvalue weighted by Crippen LogP contribution is 2.25. The zero-order valence-electron chi connectivity index (χ0n) is 17.0. The molecule has 2 heterocycles. The molecule has 1 atom stereocenters. The number of aryl methyl sites for hydroxylation is 1. The van der Waals surface area contributed by atoms with E-state index in [0.29, 0.717) is 23.7 Å². The Bertz CT molecular complexity index is 1020. The highest BCUT2D eigenvalue weighted by molar-refractivity contribution is 5.85. The van der Waals surface area contributed by atoms with Crippen molar-refractivity contribution in [2.75, 3.05) is 19.7 Å². The van der Waals surface area contributed by atoms with Crippen LogP contribution in [0.2, 0.25) is 0 Å². The lowest BCUT2D eigenvalue weighted by Gasteiger charge is -2.32. The lowest BCUT2D eigenvalue weighted by molar-refractivity contribution is 0.125. The van der Waals surface area contributed by atoms with Crippen LogP contribution in [0.15, 0.2) is 57.7 Å². The third kappa shape index (κ3) is 5.01. The van der Waals surface area contributed by atoms with Crippen LogP contribution in [0.25, 0.3) is 11.0 Å². The first-order chi connectivity index (χ1) is 13.6. The lowest BCUT2D eigenvalue weighted by Crippen LogP contribution is -2.37. The summed E-state index contributed by atoms with van der Waals surface area (Å²) < 4.78 is 11.5. The summed E-state index contributed by atoms with van der Waals surface area (Å²) >= 11 is 0. The molecule has 0 radical (unpaired) electrons. The van der Waals surface area contributed by atoms with Crippen molar-refractivity contribution in [3.8, 4) is 5.75 Å². The second kappa shape index (κ2) is 9.47. The smallest absolute Gasteiger partial charge is 0.339 e. The van der Waals surface area contributed by atoms with Crippen LogP contribution in [0, 0.1) is 19.8 Å². The number of halogens is 1. The molecule has 3 aromatic rings.